The minimum Gasteiger partial charge on any atom is -0.283 e. The first kappa shape index (κ1) is 10.5. The van der Waals surface area contributed by atoms with Crippen molar-refractivity contribution in [2.75, 3.05) is 13.1 Å². The summed E-state index contributed by atoms with van der Waals surface area (Å²) in [5.74, 6) is 0. The summed E-state index contributed by atoms with van der Waals surface area (Å²) in [6.07, 6.45) is 3.13. The van der Waals surface area contributed by atoms with Crippen molar-refractivity contribution < 1.29 is 13.0 Å². The van der Waals surface area contributed by atoms with Gasteiger partial charge in [0.15, 0.2) is 0 Å². The molecule has 0 heterocycles. The Bertz CT molecular complexity index is 150. The van der Waals surface area contributed by atoms with E-state index in [1.807, 2.05) is 0 Å². The third-order valence-electron chi connectivity index (χ3n) is 0.835. The maximum atomic E-state index is 10.1. The normalized spacial score (nSPS) is 12.9. The summed E-state index contributed by atoms with van der Waals surface area (Å²) < 4.78 is 22.9. The molecule has 0 spiro atoms. The standard InChI is InChI=1S/C6H11NO3S/c1-3-5-7(6-4-2)10-11(8)9/h3-4H,1-2,5-6H2,(H,8,9). The molecule has 0 aromatic carbocycles. The van der Waals surface area contributed by atoms with Crippen molar-refractivity contribution >= 4 is 11.4 Å². The first-order valence-electron chi connectivity index (χ1n) is 2.96. The van der Waals surface area contributed by atoms with Crippen molar-refractivity contribution in [2.24, 2.45) is 0 Å². The van der Waals surface area contributed by atoms with Crippen LogP contribution in [0.1, 0.15) is 0 Å². The fourth-order valence-corrected chi connectivity index (χ4v) is 0.816. The Morgan fingerprint density at radius 2 is 1.91 bits per heavy atom. The monoisotopic (exact) mass is 177 g/mol. The maximum absolute atomic E-state index is 10.1. The van der Waals surface area contributed by atoms with Crippen LogP contribution in [0.4, 0.5) is 0 Å². The van der Waals surface area contributed by atoms with E-state index < -0.39 is 11.4 Å². The van der Waals surface area contributed by atoms with Crippen LogP contribution in [0.25, 0.3) is 0 Å². The first-order valence-corrected chi connectivity index (χ1v) is 4.00. The van der Waals surface area contributed by atoms with Crippen molar-refractivity contribution in [3.05, 3.63) is 25.3 Å². The molecule has 11 heavy (non-hydrogen) atoms. The van der Waals surface area contributed by atoms with Crippen molar-refractivity contribution in [1.82, 2.24) is 5.06 Å². The lowest BCUT2D eigenvalue weighted by Gasteiger charge is -2.13. The molecule has 0 aliphatic carbocycles. The minimum absolute atomic E-state index is 0.387. The average Bonchev–Trinajstić information content (AvgIpc) is 1.87. The third-order valence-corrected chi connectivity index (χ3v) is 1.17. The van der Waals surface area contributed by atoms with E-state index in [9.17, 15) is 4.21 Å². The highest BCUT2D eigenvalue weighted by Crippen LogP contribution is 1.92. The molecule has 1 atom stereocenters. The lowest BCUT2D eigenvalue weighted by Crippen LogP contribution is -2.25. The molecule has 0 radical (unpaired) electrons. The zero-order valence-electron chi connectivity index (χ0n) is 6.10. The number of hydrogen-bond donors (Lipinski definition) is 1. The molecule has 0 aliphatic heterocycles. The lowest BCUT2D eigenvalue weighted by molar-refractivity contribution is -0.0298. The van der Waals surface area contributed by atoms with Crippen LogP contribution in [0.5, 0.6) is 0 Å². The topological polar surface area (TPSA) is 49.8 Å². The molecule has 1 N–H and O–H groups in total. The molecule has 0 aromatic rings. The molecule has 0 amide bonds. The molecule has 5 heteroatoms. The van der Waals surface area contributed by atoms with Crippen molar-refractivity contribution in [3.63, 3.8) is 0 Å². The molecule has 0 saturated carbocycles. The Morgan fingerprint density at radius 1 is 1.45 bits per heavy atom. The van der Waals surface area contributed by atoms with Gasteiger partial charge in [-0.2, -0.15) is 13.6 Å². The first-order chi connectivity index (χ1) is 5.20. The fraction of sp³-hybridized carbons (Fsp3) is 0.333. The Kier molecular flexibility index (Phi) is 5.96. The molecule has 1 unspecified atom stereocenters. The number of hydrogen-bond acceptors (Lipinski definition) is 3. The molecular formula is C6H11NO3S. The summed E-state index contributed by atoms with van der Waals surface area (Å²) in [4.78, 5) is 0. The zero-order chi connectivity index (χ0) is 8.69. The molecule has 64 valence electrons. The predicted molar refractivity (Wildman–Crippen MR) is 43.8 cm³/mol. The number of nitrogens with zero attached hydrogens (tertiary/aromatic N) is 1. The third kappa shape index (κ3) is 5.93. The molecule has 0 aliphatic rings. The van der Waals surface area contributed by atoms with Gasteiger partial charge in [0, 0.05) is 13.1 Å². The van der Waals surface area contributed by atoms with Crippen LogP contribution < -0.4 is 0 Å². The second-order valence-corrected chi connectivity index (χ2v) is 2.30. The fourth-order valence-electron chi connectivity index (χ4n) is 0.514. The largest absolute Gasteiger partial charge is 0.319 e. The zero-order valence-corrected chi connectivity index (χ0v) is 6.92. The average molecular weight is 177 g/mol. The van der Waals surface area contributed by atoms with Gasteiger partial charge >= 0.3 is 11.4 Å². The molecule has 0 aromatic heterocycles. The van der Waals surface area contributed by atoms with E-state index >= 15 is 0 Å². The predicted octanol–water partition coefficient (Wildman–Crippen LogP) is 0.729. The summed E-state index contributed by atoms with van der Waals surface area (Å²) in [5.41, 5.74) is 0. The van der Waals surface area contributed by atoms with E-state index in [2.05, 4.69) is 17.4 Å². The van der Waals surface area contributed by atoms with Crippen LogP contribution in [-0.4, -0.2) is 26.9 Å². The van der Waals surface area contributed by atoms with Gasteiger partial charge in [-0.05, 0) is 0 Å². The van der Waals surface area contributed by atoms with Crippen LogP contribution in [-0.2, 0) is 15.6 Å². The Morgan fingerprint density at radius 3 is 2.18 bits per heavy atom. The van der Waals surface area contributed by atoms with Crippen LogP contribution in [0.15, 0.2) is 25.3 Å². The Hall–Kier alpha value is -0.490. The van der Waals surface area contributed by atoms with Crippen molar-refractivity contribution in [3.8, 4) is 0 Å². The lowest BCUT2D eigenvalue weighted by atomic mass is 10.5. The van der Waals surface area contributed by atoms with Crippen molar-refractivity contribution in [1.29, 1.82) is 0 Å². The van der Waals surface area contributed by atoms with Gasteiger partial charge < -0.3 is 0 Å². The van der Waals surface area contributed by atoms with Gasteiger partial charge in [0.1, 0.15) is 0 Å². The van der Waals surface area contributed by atoms with Gasteiger partial charge in [0.25, 0.3) is 0 Å². The quantitative estimate of drug-likeness (QED) is 0.369. The second-order valence-electron chi connectivity index (χ2n) is 1.72. The molecular weight excluding hydrogens is 166 g/mol. The molecule has 0 saturated heterocycles. The number of rotatable bonds is 6. The minimum atomic E-state index is -2.27. The van der Waals surface area contributed by atoms with Gasteiger partial charge in [-0.15, -0.1) is 13.2 Å². The molecule has 0 fully saturated rings. The van der Waals surface area contributed by atoms with Gasteiger partial charge in [0.05, 0.1) is 0 Å². The molecule has 4 nitrogen and oxygen atoms in total. The van der Waals surface area contributed by atoms with Crippen LogP contribution in [0.3, 0.4) is 0 Å². The van der Waals surface area contributed by atoms with Gasteiger partial charge in [-0.1, -0.05) is 12.2 Å². The van der Waals surface area contributed by atoms with Crippen molar-refractivity contribution in [2.45, 2.75) is 0 Å². The van der Waals surface area contributed by atoms with Crippen LogP contribution >= 0.6 is 0 Å². The Balaban J connectivity index is 3.76. The van der Waals surface area contributed by atoms with E-state index in [0.29, 0.717) is 13.1 Å². The SMILES string of the molecule is C=CCN(CC=C)OS(=O)O. The smallest absolute Gasteiger partial charge is 0.283 e. The van der Waals surface area contributed by atoms with Gasteiger partial charge in [-0.25, -0.2) is 0 Å². The highest BCUT2D eigenvalue weighted by Gasteiger charge is 2.03. The van der Waals surface area contributed by atoms with E-state index in [0.717, 1.165) is 0 Å². The molecule has 0 rings (SSSR count). The summed E-state index contributed by atoms with van der Waals surface area (Å²) in [6.45, 7) is 7.68. The van der Waals surface area contributed by atoms with E-state index in [1.54, 1.807) is 12.2 Å². The van der Waals surface area contributed by atoms with Gasteiger partial charge in [0.2, 0.25) is 0 Å². The summed E-state index contributed by atoms with van der Waals surface area (Å²) in [6, 6.07) is 0. The maximum Gasteiger partial charge on any atom is 0.319 e. The molecule has 0 bridgehead atoms. The summed E-state index contributed by atoms with van der Waals surface area (Å²) in [5, 5.41) is 1.27. The summed E-state index contributed by atoms with van der Waals surface area (Å²) in [7, 11) is 0. The Labute approximate surface area is 68.6 Å². The highest BCUT2D eigenvalue weighted by atomic mass is 32.2. The highest BCUT2D eigenvalue weighted by molar-refractivity contribution is 7.74. The van der Waals surface area contributed by atoms with Gasteiger partial charge in [-0.3, -0.25) is 4.55 Å². The van der Waals surface area contributed by atoms with E-state index in [-0.39, 0.29) is 0 Å². The van der Waals surface area contributed by atoms with E-state index in [1.165, 1.54) is 5.06 Å². The second kappa shape index (κ2) is 6.23. The summed E-state index contributed by atoms with van der Waals surface area (Å²) >= 11 is -2.27. The van der Waals surface area contributed by atoms with Crippen LogP contribution in [0, 0.1) is 0 Å². The number of hydroxylamine groups is 2. The van der Waals surface area contributed by atoms with E-state index in [4.69, 9.17) is 4.55 Å². The van der Waals surface area contributed by atoms with Crippen LogP contribution in [0.2, 0.25) is 0 Å².